The molecule has 2 heteroatoms. The molecule has 0 aliphatic heterocycles. The van der Waals surface area contributed by atoms with Crippen LogP contribution in [-0.4, -0.2) is 12.6 Å². The molecule has 2 unspecified atom stereocenters. The van der Waals surface area contributed by atoms with Crippen LogP contribution in [0.5, 0.6) is 0 Å². The molecule has 1 aromatic heterocycles. The summed E-state index contributed by atoms with van der Waals surface area (Å²) in [6, 6.07) is 10.9. The number of para-hydroxylation sites is 1. The van der Waals surface area contributed by atoms with Gasteiger partial charge in [-0.25, -0.2) is 0 Å². The van der Waals surface area contributed by atoms with Crippen LogP contribution in [0.4, 0.5) is 0 Å². The van der Waals surface area contributed by atoms with Gasteiger partial charge in [0.2, 0.25) is 0 Å². The minimum Gasteiger partial charge on any atom is -0.461 e. The van der Waals surface area contributed by atoms with E-state index in [1.807, 2.05) is 12.1 Å². The summed E-state index contributed by atoms with van der Waals surface area (Å²) < 4.78 is 5.93. The van der Waals surface area contributed by atoms with Crippen LogP contribution in [0, 0.1) is 5.92 Å². The van der Waals surface area contributed by atoms with Crippen molar-refractivity contribution in [2.75, 3.05) is 6.54 Å². The zero-order valence-electron chi connectivity index (χ0n) is 11.7. The van der Waals surface area contributed by atoms with Crippen molar-refractivity contribution in [1.82, 2.24) is 5.32 Å². The Labute approximate surface area is 109 Å². The van der Waals surface area contributed by atoms with Gasteiger partial charge in [-0.3, -0.25) is 0 Å². The van der Waals surface area contributed by atoms with Crippen LogP contribution in [0.25, 0.3) is 11.0 Å². The number of rotatable bonds is 5. The molecule has 0 aliphatic rings. The van der Waals surface area contributed by atoms with Gasteiger partial charge in [0.15, 0.2) is 0 Å². The molecule has 1 heterocycles. The van der Waals surface area contributed by atoms with Gasteiger partial charge in [-0.05, 0) is 24.6 Å². The minimum absolute atomic E-state index is 0.434. The second-order valence-electron chi connectivity index (χ2n) is 5.52. The number of furan rings is 1. The third kappa shape index (κ3) is 2.94. The van der Waals surface area contributed by atoms with E-state index < -0.39 is 0 Å². The Hall–Kier alpha value is -1.28. The normalized spacial score (nSPS) is 15.2. The first kappa shape index (κ1) is 13.2. The molecule has 2 nitrogen and oxygen atoms in total. The zero-order valence-corrected chi connectivity index (χ0v) is 11.7. The van der Waals surface area contributed by atoms with E-state index in [-0.39, 0.29) is 0 Å². The number of benzene rings is 1. The Morgan fingerprint density at radius 1 is 1.11 bits per heavy atom. The number of nitrogens with one attached hydrogen (secondary N) is 1. The molecular formula is C16H23NO. The number of hydrogen-bond acceptors (Lipinski definition) is 2. The largest absolute Gasteiger partial charge is 0.461 e. The summed E-state index contributed by atoms with van der Waals surface area (Å²) in [7, 11) is 0. The predicted molar refractivity (Wildman–Crippen MR) is 76.9 cm³/mol. The molecule has 2 rings (SSSR count). The van der Waals surface area contributed by atoms with Crippen molar-refractivity contribution >= 4 is 11.0 Å². The Bertz CT molecular complexity index is 468. The maximum Gasteiger partial charge on any atom is 0.134 e. The van der Waals surface area contributed by atoms with E-state index in [0.717, 1.165) is 17.9 Å². The summed E-state index contributed by atoms with van der Waals surface area (Å²) in [5, 5.41) is 4.69. The molecule has 0 saturated carbocycles. The van der Waals surface area contributed by atoms with Crippen molar-refractivity contribution in [3.05, 3.63) is 36.1 Å². The van der Waals surface area contributed by atoms with E-state index in [4.69, 9.17) is 4.42 Å². The van der Waals surface area contributed by atoms with Gasteiger partial charge in [0.25, 0.3) is 0 Å². The third-order valence-electron chi connectivity index (χ3n) is 3.59. The Balaban J connectivity index is 2.10. The van der Waals surface area contributed by atoms with Gasteiger partial charge in [-0.15, -0.1) is 0 Å². The van der Waals surface area contributed by atoms with E-state index in [2.05, 4.69) is 51.2 Å². The minimum atomic E-state index is 0.434. The summed E-state index contributed by atoms with van der Waals surface area (Å²) in [5.74, 6) is 2.09. The van der Waals surface area contributed by atoms with Crippen LogP contribution in [-0.2, 0) is 0 Å². The maximum atomic E-state index is 5.93. The Kier molecular flexibility index (Phi) is 4.07. The molecule has 0 bridgehead atoms. The second kappa shape index (κ2) is 5.57. The SMILES string of the molecule is CC(C)NCC(C)C(C)c1cc2ccccc2o1. The molecule has 0 aliphatic carbocycles. The van der Waals surface area contributed by atoms with E-state index in [0.29, 0.717) is 17.9 Å². The van der Waals surface area contributed by atoms with Crippen LogP contribution in [0.3, 0.4) is 0 Å². The van der Waals surface area contributed by atoms with Crippen molar-refractivity contribution in [3.63, 3.8) is 0 Å². The van der Waals surface area contributed by atoms with Gasteiger partial charge >= 0.3 is 0 Å². The summed E-state index contributed by atoms with van der Waals surface area (Å²) in [5.41, 5.74) is 0.989. The number of fused-ring (bicyclic) bond motifs is 1. The first-order chi connectivity index (χ1) is 8.58. The first-order valence-electron chi connectivity index (χ1n) is 6.79. The van der Waals surface area contributed by atoms with Crippen LogP contribution < -0.4 is 5.32 Å². The molecule has 98 valence electrons. The van der Waals surface area contributed by atoms with Gasteiger partial charge in [-0.1, -0.05) is 45.9 Å². The zero-order chi connectivity index (χ0) is 13.1. The van der Waals surface area contributed by atoms with Crippen LogP contribution in [0.1, 0.15) is 39.4 Å². The van der Waals surface area contributed by atoms with Crippen molar-refractivity contribution in [2.24, 2.45) is 5.92 Å². The van der Waals surface area contributed by atoms with Crippen LogP contribution >= 0.6 is 0 Å². The molecule has 1 N–H and O–H groups in total. The van der Waals surface area contributed by atoms with Crippen molar-refractivity contribution in [3.8, 4) is 0 Å². The average Bonchev–Trinajstić information content (AvgIpc) is 2.78. The predicted octanol–water partition coefficient (Wildman–Crippen LogP) is 4.17. The fourth-order valence-corrected chi connectivity index (χ4v) is 2.11. The van der Waals surface area contributed by atoms with Gasteiger partial charge in [0.05, 0.1) is 0 Å². The second-order valence-corrected chi connectivity index (χ2v) is 5.52. The van der Waals surface area contributed by atoms with E-state index >= 15 is 0 Å². The lowest BCUT2D eigenvalue weighted by atomic mass is 9.93. The molecule has 18 heavy (non-hydrogen) atoms. The highest BCUT2D eigenvalue weighted by atomic mass is 16.3. The molecular weight excluding hydrogens is 222 g/mol. The van der Waals surface area contributed by atoms with Gasteiger partial charge in [0.1, 0.15) is 11.3 Å². The summed E-state index contributed by atoms with van der Waals surface area (Å²) in [6.45, 7) is 9.89. The lowest BCUT2D eigenvalue weighted by Crippen LogP contribution is -2.29. The first-order valence-corrected chi connectivity index (χ1v) is 6.79. The molecule has 2 aromatic rings. The molecule has 0 radical (unpaired) electrons. The van der Waals surface area contributed by atoms with Crippen LogP contribution in [0.2, 0.25) is 0 Å². The molecule has 2 atom stereocenters. The van der Waals surface area contributed by atoms with Crippen molar-refractivity contribution in [2.45, 2.75) is 39.7 Å². The highest BCUT2D eigenvalue weighted by Gasteiger charge is 2.18. The summed E-state index contributed by atoms with van der Waals surface area (Å²) in [6.07, 6.45) is 0. The average molecular weight is 245 g/mol. The highest BCUT2D eigenvalue weighted by Crippen LogP contribution is 2.29. The van der Waals surface area contributed by atoms with Gasteiger partial charge < -0.3 is 9.73 Å². The fraction of sp³-hybridized carbons (Fsp3) is 0.500. The molecule has 0 fully saturated rings. The quantitative estimate of drug-likeness (QED) is 0.855. The monoisotopic (exact) mass is 245 g/mol. The van der Waals surface area contributed by atoms with E-state index in [1.165, 1.54) is 5.39 Å². The Morgan fingerprint density at radius 3 is 2.50 bits per heavy atom. The molecule has 0 amide bonds. The number of hydrogen-bond donors (Lipinski definition) is 1. The fourth-order valence-electron chi connectivity index (χ4n) is 2.11. The van der Waals surface area contributed by atoms with Gasteiger partial charge in [-0.2, -0.15) is 0 Å². The summed E-state index contributed by atoms with van der Waals surface area (Å²) >= 11 is 0. The Morgan fingerprint density at radius 2 is 1.83 bits per heavy atom. The van der Waals surface area contributed by atoms with Gasteiger partial charge in [0, 0.05) is 17.3 Å². The van der Waals surface area contributed by atoms with E-state index in [9.17, 15) is 0 Å². The van der Waals surface area contributed by atoms with Crippen LogP contribution in [0.15, 0.2) is 34.7 Å². The van der Waals surface area contributed by atoms with Crippen molar-refractivity contribution < 1.29 is 4.42 Å². The molecule has 1 aromatic carbocycles. The smallest absolute Gasteiger partial charge is 0.134 e. The summed E-state index contributed by atoms with van der Waals surface area (Å²) in [4.78, 5) is 0. The third-order valence-corrected chi connectivity index (χ3v) is 3.59. The molecule has 0 saturated heterocycles. The van der Waals surface area contributed by atoms with Crippen molar-refractivity contribution in [1.29, 1.82) is 0 Å². The topological polar surface area (TPSA) is 25.2 Å². The van der Waals surface area contributed by atoms with E-state index in [1.54, 1.807) is 0 Å². The molecule has 0 spiro atoms. The highest BCUT2D eigenvalue weighted by molar-refractivity contribution is 5.77. The standard InChI is InChI=1S/C16H23NO/c1-11(2)17-10-12(3)13(4)16-9-14-7-5-6-8-15(14)18-16/h5-9,11-13,17H,10H2,1-4H3. The lowest BCUT2D eigenvalue weighted by Gasteiger charge is -2.19. The maximum absolute atomic E-state index is 5.93. The lowest BCUT2D eigenvalue weighted by molar-refractivity contribution is 0.380.